The van der Waals surface area contributed by atoms with Crippen molar-refractivity contribution in [2.75, 3.05) is 19.0 Å². The third kappa shape index (κ3) is 5.56. The number of benzene rings is 2. The number of methoxy groups -OCH3 is 1. The van der Waals surface area contributed by atoms with Crippen LogP contribution in [0.3, 0.4) is 0 Å². The predicted octanol–water partition coefficient (Wildman–Crippen LogP) is 2.63. The van der Waals surface area contributed by atoms with Gasteiger partial charge < -0.3 is 20.1 Å². The van der Waals surface area contributed by atoms with Crippen molar-refractivity contribution in [2.24, 2.45) is 0 Å². The molecule has 0 aliphatic heterocycles. The van der Waals surface area contributed by atoms with E-state index in [2.05, 4.69) is 10.6 Å². The van der Waals surface area contributed by atoms with Gasteiger partial charge in [0, 0.05) is 19.7 Å². The summed E-state index contributed by atoms with van der Waals surface area (Å²) in [5.41, 5.74) is 2.10. The molecular formula is C19H21FN2O4. The van der Waals surface area contributed by atoms with Gasteiger partial charge in [-0.25, -0.2) is 4.39 Å². The average Bonchev–Trinajstić information content (AvgIpc) is 2.63. The first-order valence-corrected chi connectivity index (χ1v) is 8.11. The quantitative estimate of drug-likeness (QED) is 0.744. The fraction of sp³-hybridized carbons (Fsp3) is 0.263. The molecular weight excluding hydrogens is 339 g/mol. The molecule has 0 heterocycles. The normalized spacial score (nSPS) is 10.3. The van der Waals surface area contributed by atoms with Crippen LogP contribution < -0.4 is 15.4 Å². The van der Waals surface area contributed by atoms with E-state index >= 15 is 0 Å². The van der Waals surface area contributed by atoms with E-state index in [-0.39, 0.29) is 18.0 Å². The largest absolute Gasteiger partial charge is 0.492 e. The van der Waals surface area contributed by atoms with Gasteiger partial charge in [0.2, 0.25) is 0 Å². The molecule has 0 spiro atoms. The Morgan fingerprint density at radius 1 is 1.04 bits per heavy atom. The maximum atomic E-state index is 13.3. The zero-order valence-electron chi connectivity index (χ0n) is 14.7. The third-order valence-corrected chi connectivity index (χ3v) is 3.48. The Morgan fingerprint density at radius 3 is 2.38 bits per heavy atom. The van der Waals surface area contributed by atoms with Crippen LogP contribution in [0.25, 0.3) is 0 Å². The minimum absolute atomic E-state index is 0.169. The molecule has 2 aromatic carbocycles. The molecule has 0 aromatic heterocycles. The van der Waals surface area contributed by atoms with Crippen LogP contribution in [-0.2, 0) is 27.5 Å². The number of rotatable bonds is 7. The van der Waals surface area contributed by atoms with E-state index in [4.69, 9.17) is 9.47 Å². The minimum atomic E-state index is -0.853. The lowest BCUT2D eigenvalue weighted by Gasteiger charge is -2.11. The lowest BCUT2D eigenvalue weighted by Crippen LogP contribution is -2.35. The fourth-order valence-electron chi connectivity index (χ4n) is 2.24. The molecule has 26 heavy (non-hydrogen) atoms. The molecule has 6 nitrogen and oxygen atoms in total. The molecule has 2 aromatic rings. The van der Waals surface area contributed by atoms with Crippen LogP contribution in [0.1, 0.15) is 18.1 Å². The molecule has 0 saturated carbocycles. The highest BCUT2D eigenvalue weighted by molar-refractivity contribution is 6.39. The Kier molecular flexibility index (Phi) is 7.11. The van der Waals surface area contributed by atoms with Crippen LogP contribution in [0.15, 0.2) is 42.5 Å². The topological polar surface area (TPSA) is 76.7 Å². The van der Waals surface area contributed by atoms with Crippen molar-refractivity contribution in [1.29, 1.82) is 0 Å². The van der Waals surface area contributed by atoms with Gasteiger partial charge in [-0.3, -0.25) is 9.59 Å². The van der Waals surface area contributed by atoms with Crippen LogP contribution in [-0.4, -0.2) is 25.5 Å². The van der Waals surface area contributed by atoms with E-state index in [1.807, 2.05) is 24.3 Å². The van der Waals surface area contributed by atoms with Gasteiger partial charge in [-0.2, -0.15) is 0 Å². The molecule has 138 valence electrons. The highest BCUT2D eigenvalue weighted by Crippen LogP contribution is 2.25. The van der Waals surface area contributed by atoms with E-state index < -0.39 is 17.6 Å². The molecule has 0 aliphatic carbocycles. The molecule has 2 N–H and O–H groups in total. The molecule has 0 bridgehead atoms. The highest BCUT2D eigenvalue weighted by Gasteiger charge is 2.16. The number of nitrogens with one attached hydrogen (secondary N) is 2. The molecule has 0 fully saturated rings. The summed E-state index contributed by atoms with van der Waals surface area (Å²) < 4.78 is 23.6. The first-order valence-electron chi connectivity index (χ1n) is 8.11. The molecule has 0 unspecified atom stereocenters. The van der Waals surface area contributed by atoms with Crippen molar-refractivity contribution in [3.05, 3.63) is 59.4 Å². The zero-order chi connectivity index (χ0) is 18.9. The Bertz CT molecular complexity index is 763. The maximum Gasteiger partial charge on any atom is 0.313 e. The van der Waals surface area contributed by atoms with E-state index in [1.165, 1.54) is 12.1 Å². The molecule has 0 atom stereocenters. The summed E-state index contributed by atoms with van der Waals surface area (Å²) in [5, 5.41) is 4.96. The van der Waals surface area contributed by atoms with Crippen molar-refractivity contribution in [1.82, 2.24) is 5.32 Å². The first-order chi connectivity index (χ1) is 12.5. The Balaban J connectivity index is 1.92. The highest BCUT2D eigenvalue weighted by atomic mass is 19.1. The maximum absolute atomic E-state index is 13.3. The van der Waals surface area contributed by atoms with Gasteiger partial charge in [-0.15, -0.1) is 0 Å². The minimum Gasteiger partial charge on any atom is -0.492 e. The Labute approximate surface area is 151 Å². The second-order valence-corrected chi connectivity index (χ2v) is 5.46. The van der Waals surface area contributed by atoms with Gasteiger partial charge in [-0.1, -0.05) is 24.3 Å². The molecule has 2 amide bonds. The summed E-state index contributed by atoms with van der Waals surface area (Å²) in [6, 6.07) is 11.1. The fourth-order valence-corrected chi connectivity index (χ4v) is 2.24. The molecule has 0 radical (unpaired) electrons. The molecule has 0 saturated heterocycles. The van der Waals surface area contributed by atoms with Gasteiger partial charge in [0.15, 0.2) is 0 Å². The van der Waals surface area contributed by atoms with Crippen LogP contribution >= 0.6 is 0 Å². The summed E-state index contributed by atoms with van der Waals surface area (Å²) in [6.45, 7) is 2.76. The summed E-state index contributed by atoms with van der Waals surface area (Å²) in [6.07, 6.45) is 0. The standard InChI is InChI=1S/C19H21FN2O4/c1-3-26-17-10-15(20)8-9-16(17)22-19(24)18(23)21-11-13-4-6-14(7-5-13)12-25-2/h4-10H,3,11-12H2,1-2H3,(H,21,23)(H,22,24). The number of anilines is 1. The van der Waals surface area contributed by atoms with Crippen LogP contribution in [0.5, 0.6) is 5.75 Å². The van der Waals surface area contributed by atoms with E-state index in [9.17, 15) is 14.0 Å². The molecule has 7 heteroatoms. The van der Waals surface area contributed by atoms with Crippen LogP contribution in [0.2, 0.25) is 0 Å². The number of amides is 2. The van der Waals surface area contributed by atoms with Crippen molar-refractivity contribution in [3.8, 4) is 5.75 Å². The number of carbonyl (C=O) groups is 2. The van der Waals surface area contributed by atoms with Gasteiger partial charge in [0.1, 0.15) is 11.6 Å². The average molecular weight is 360 g/mol. The van der Waals surface area contributed by atoms with Crippen molar-refractivity contribution >= 4 is 17.5 Å². The van der Waals surface area contributed by atoms with Gasteiger partial charge in [0.25, 0.3) is 0 Å². The van der Waals surface area contributed by atoms with E-state index in [1.54, 1.807) is 14.0 Å². The smallest absolute Gasteiger partial charge is 0.313 e. The zero-order valence-corrected chi connectivity index (χ0v) is 14.7. The third-order valence-electron chi connectivity index (χ3n) is 3.48. The Morgan fingerprint density at radius 2 is 1.73 bits per heavy atom. The first kappa shape index (κ1) is 19.4. The summed E-state index contributed by atoms with van der Waals surface area (Å²) >= 11 is 0. The van der Waals surface area contributed by atoms with Gasteiger partial charge in [-0.05, 0) is 30.2 Å². The number of hydrogen-bond donors (Lipinski definition) is 2. The summed E-state index contributed by atoms with van der Waals surface area (Å²) in [4.78, 5) is 24.0. The van der Waals surface area contributed by atoms with Gasteiger partial charge in [0.05, 0.1) is 18.9 Å². The van der Waals surface area contributed by atoms with Gasteiger partial charge >= 0.3 is 11.8 Å². The summed E-state index contributed by atoms with van der Waals surface area (Å²) in [5.74, 6) is -1.97. The SMILES string of the molecule is CCOc1cc(F)ccc1NC(=O)C(=O)NCc1ccc(COC)cc1. The predicted molar refractivity (Wildman–Crippen MR) is 95.2 cm³/mol. The second-order valence-electron chi connectivity index (χ2n) is 5.46. The van der Waals surface area contributed by atoms with E-state index in [0.717, 1.165) is 17.2 Å². The summed E-state index contributed by atoms with van der Waals surface area (Å²) in [7, 11) is 1.62. The lowest BCUT2D eigenvalue weighted by atomic mass is 10.1. The monoisotopic (exact) mass is 360 g/mol. The van der Waals surface area contributed by atoms with Crippen LogP contribution in [0.4, 0.5) is 10.1 Å². The lowest BCUT2D eigenvalue weighted by molar-refractivity contribution is -0.136. The molecule has 2 rings (SSSR count). The number of halogens is 1. The van der Waals surface area contributed by atoms with Crippen molar-refractivity contribution in [2.45, 2.75) is 20.1 Å². The Hall–Kier alpha value is -2.93. The second kappa shape index (κ2) is 9.53. The van der Waals surface area contributed by atoms with Crippen molar-refractivity contribution < 1.29 is 23.5 Å². The number of carbonyl (C=O) groups excluding carboxylic acids is 2. The van der Waals surface area contributed by atoms with Crippen LogP contribution in [0, 0.1) is 5.82 Å². The van der Waals surface area contributed by atoms with Crippen molar-refractivity contribution in [3.63, 3.8) is 0 Å². The molecule has 0 aliphatic rings. The number of ether oxygens (including phenoxy) is 2. The van der Waals surface area contributed by atoms with E-state index in [0.29, 0.717) is 13.2 Å². The number of hydrogen-bond acceptors (Lipinski definition) is 4.